The summed E-state index contributed by atoms with van der Waals surface area (Å²) in [4.78, 5) is 23.5. The van der Waals surface area contributed by atoms with Gasteiger partial charge < -0.3 is 10.1 Å². The number of nitrogens with one attached hydrogen (secondary N) is 1. The molecule has 6 heteroatoms. The molecule has 1 aromatic carbocycles. The Bertz CT molecular complexity index is 710. The Balaban J connectivity index is 1.94. The van der Waals surface area contributed by atoms with Crippen molar-refractivity contribution >= 4 is 5.91 Å². The lowest BCUT2D eigenvalue weighted by atomic mass is 10.1. The zero-order chi connectivity index (χ0) is 15.9. The van der Waals surface area contributed by atoms with E-state index in [2.05, 4.69) is 10.4 Å². The first-order valence-electron chi connectivity index (χ1n) is 7.13. The van der Waals surface area contributed by atoms with E-state index in [0.29, 0.717) is 19.5 Å². The number of hydrogen-bond acceptors (Lipinski definition) is 4. The number of carbonyl (C=O) groups is 1. The van der Waals surface area contributed by atoms with E-state index in [9.17, 15) is 9.59 Å². The van der Waals surface area contributed by atoms with Crippen LogP contribution in [0.2, 0.25) is 0 Å². The molecule has 0 aliphatic heterocycles. The van der Waals surface area contributed by atoms with Crippen molar-refractivity contribution < 1.29 is 9.53 Å². The Morgan fingerprint density at radius 3 is 2.86 bits per heavy atom. The standard InChI is InChI=1S/C16H19N3O3/c1-3-19-15(20)8-7-14(18-19)16(21)17-10-9-12-5-4-6-13(11-12)22-2/h4-8,11H,3,9-10H2,1-2H3,(H,17,21). The van der Waals surface area contributed by atoms with Gasteiger partial charge in [-0.3, -0.25) is 9.59 Å². The maximum atomic E-state index is 12.0. The van der Waals surface area contributed by atoms with Crippen molar-refractivity contribution in [3.05, 3.63) is 58.0 Å². The number of aryl methyl sites for hydroxylation is 1. The minimum Gasteiger partial charge on any atom is -0.497 e. The highest BCUT2D eigenvalue weighted by Gasteiger charge is 2.08. The van der Waals surface area contributed by atoms with Crippen molar-refractivity contribution in [1.82, 2.24) is 15.1 Å². The molecule has 1 N–H and O–H groups in total. The maximum absolute atomic E-state index is 12.0. The van der Waals surface area contributed by atoms with Crippen LogP contribution in [-0.2, 0) is 13.0 Å². The highest BCUT2D eigenvalue weighted by molar-refractivity contribution is 5.91. The van der Waals surface area contributed by atoms with Crippen molar-refractivity contribution in [2.75, 3.05) is 13.7 Å². The van der Waals surface area contributed by atoms with E-state index in [-0.39, 0.29) is 17.2 Å². The van der Waals surface area contributed by atoms with E-state index in [1.807, 2.05) is 24.3 Å². The molecule has 2 aromatic rings. The molecule has 0 aliphatic carbocycles. The Hall–Kier alpha value is -2.63. The van der Waals surface area contributed by atoms with Gasteiger partial charge in [-0.1, -0.05) is 12.1 Å². The molecule has 0 spiro atoms. The predicted molar refractivity (Wildman–Crippen MR) is 83.2 cm³/mol. The lowest BCUT2D eigenvalue weighted by Gasteiger charge is -2.07. The molecule has 0 bridgehead atoms. The third-order valence-corrected chi connectivity index (χ3v) is 3.23. The number of aromatic nitrogens is 2. The molecule has 0 aliphatic rings. The molecule has 1 amide bonds. The summed E-state index contributed by atoms with van der Waals surface area (Å²) in [5.74, 6) is 0.505. The van der Waals surface area contributed by atoms with Crippen LogP contribution in [0.25, 0.3) is 0 Å². The van der Waals surface area contributed by atoms with Gasteiger partial charge >= 0.3 is 0 Å². The van der Waals surface area contributed by atoms with Crippen LogP contribution in [0.4, 0.5) is 0 Å². The zero-order valence-electron chi connectivity index (χ0n) is 12.7. The molecular weight excluding hydrogens is 282 g/mol. The number of methoxy groups -OCH3 is 1. The van der Waals surface area contributed by atoms with Gasteiger partial charge in [-0.05, 0) is 37.1 Å². The average Bonchev–Trinajstić information content (AvgIpc) is 2.55. The molecule has 116 valence electrons. The topological polar surface area (TPSA) is 73.2 Å². The first-order chi connectivity index (χ1) is 10.6. The Morgan fingerprint density at radius 2 is 2.14 bits per heavy atom. The molecule has 0 saturated carbocycles. The summed E-state index contributed by atoms with van der Waals surface area (Å²) in [7, 11) is 1.62. The Labute approximate surface area is 128 Å². The fraction of sp³-hybridized carbons (Fsp3) is 0.312. The van der Waals surface area contributed by atoms with E-state index < -0.39 is 0 Å². The van der Waals surface area contributed by atoms with Gasteiger partial charge in [0.15, 0.2) is 0 Å². The SMILES string of the molecule is CCn1nc(C(=O)NCCc2cccc(OC)c2)ccc1=O. The molecule has 0 saturated heterocycles. The summed E-state index contributed by atoms with van der Waals surface area (Å²) in [5.41, 5.74) is 1.11. The van der Waals surface area contributed by atoms with Gasteiger partial charge in [-0.15, -0.1) is 0 Å². The smallest absolute Gasteiger partial charge is 0.271 e. The van der Waals surface area contributed by atoms with Crippen LogP contribution < -0.4 is 15.6 Å². The number of amides is 1. The molecule has 1 aromatic heterocycles. The zero-order valence-corrected chi connectivity index (χ0v) is 12.7. The second kappa shape index (κ2) is 7.40. The first-order valence-corrected chi connectivity index (χ1v) is 7.13. The molecule has 0 fully saturated rings. The first kappa shape index (κ1) is 15.8. The molecular formula is C16H19N3O3. The van der Waals surface area contributed by atoms with Gasteiger partial charge in [0.25, 0.3) is 11.5 Å². The molecule has 0 radical (unpaired) electrons. The molecule has 0 atom stereocenters. The summed E-state index contributed by atoms with van der Waals surface area (Å²) in [6.45, 7) is 2.72. The number of ether oxygens (including phenoxy) is 1. The van der Waals surface area contributed by atoms with Crippen molar-refractivity contribution in [3.8, 4) is 5.75 Å². The predicted octanol–water partition coefficient (Wildman–Crippen LogP) is 1.24. The summed E-state index contributed by atoms with van der Waals surface area (Å²) in [6, 6.07) is 10.5. The molecule has 0 unspecified atom stereocenters. The van der Waals surface area contributed by atoms with E-state index in [4.69, 9.17) is 4.74 Å². The van der Waals surface area contributed by atoms with Crippen LogP contribution in [0, 0.1) is 0 Å². The average molecular weight is 301 g/mol. The second-order valence-electron chi connectivity index (χ2n) is 4.73. The summed E-state index contributed by atoms with van der Waals surface area (Å²) in [6.07, 6.45) is 0.691. The number of rotatable bonds is 6. The van der Waals surface area contributed by atoms with Gasteiger partial charge in [-0.25, -0.2) is 4.68 Å². The summed E-state index contributed by atoms with van der Waals surface area (Å²) >= 11 is 0. The largest absolute Gasteiger partial charge is 0.497 e. The van der Waals surface area contributed by atoms with Crippen LogP contribution >= 0.6 is 0 Å². The lowest BCUT2D eigenvalue weighted by Crippen LogP contribution is -2.30. The fourth-order valence-electron chi connectivity index (χ4n) is 2.04. The summed E-state index contributed by atoms with van der Waals surface area (Å²) in [5, 5.41) is 6.81. The van der Waals surface area contributed by atoms with Crippen LogP contribution in [0.3, 0.4) is 0 Å². The van der Waals surface area contributed by atoms with Crippen molar-refractivity contribution in [1.29, 1.82) is 0 Å². The number of benzene rings is 1. The Kier molecular flexibility index (Phi) is 5.30. The highest BCUT2D eigenvalue weighted by atomic mass is 16.5. The monoisotopic (exact) mass is 301 g/mol. The molecule has 2 rings (SSSR count). The number of hydrogen-bond donors (Lipinski definition) is 1. The van der Waals surface area contributed by atoms with Gasteiger partial charge in [0.2, 0.25) is 0 Å². The highest BCUT2D eigenvalue weighted by Crippen LogP contribution is 2.12. The second-order valence-corrected chi connectivity index (χ2v) is 4.73. The molecule has 1 heterocycles. The van der Waals surface area contributed by atoms with Gasteiger partial charge in [0, 0.05) is 19.2 Å². The Morgan fingerprint density at radius 1 is 1.32 bits per heavy atom. The normalized spacial score (nSPS) is 10.3. The van der Waals surface area contributed by atoms with Crippen molar-refractivity contribution in [2.45, 2.75) is 19.9 Å². The third kappa shape index (κ3) is 3.94. The number of nitrogens with zero attached hydrogens (tertiary/aromatic N) is 2. The van der Waals surface area contributed by atoms with E-state index >= 15 is 0 Å². The van der Waals surface area contributed by atoms with Gasteiger partial charge in [0.1, 0.15) is 11.4 Å². The van der Waals surface area contributed by atoms with Crippen molar-refractivity contribution in [2.24, 2.45) is 0 Å². The molecule has 22 heavy (non-hydrogen) atoms. The van der Waals surface area contributed by atoms with E-state index in [1.54, 1.807) is 14.0 Å². The van der Waals surface area contributed by atoms with E-state index in [1.165, 1.54) is 16.8 Å². The van der Waals surface area contributed by atoms with E-state index in [0.717, 1.165) is 11.3 Å². The lowest BCUT2D eigenvalue weighted by molar-refractivity contribution is 0.0946. The fourth-order valence-corrected chi connectivity index (χ4v) is 2.04. The quantitative estimate of drug-likeness (QED) is 0.871. The molecule has 6 nitrogen and oxygen atoms in total. The van der Waals surface area contributed by atoms with Crippen LogP contribution in [-0.4, -0.2) is 29.3 Å². The van der Waals surface area contributed by atoms with Crippen molar-refractivity contribution in [3.63, 3.8) is 0 Å². The third-order valence-electron chi connectivity index (χ3n) is 3.23. The minimum atomic E-state index is -0.287. The van der Waals surface area contributed by atoms with Gasteiger partial charge in [-0.2, -0.15) is 5.10 Å². The van der Waals surface area contributed by atoms with Crippen LogP contribution in [0.5, 0.6) is 5.75 Å². The van der Waals surface area contributed by atoms with Gasteiger partial charge in [0.05, 0.1) is 7.11 Å². The maximum Gasteiger partial charge on any atom is 0.271 e. The van der Waals surface area contributed by atoms with Crippen LogP contribution in [0.1, 0.15) is 23.0 Å². The van der Waals surface area contributed by atoms with Crippen LogP contribution in [0.15, 0.2) is 41.2 Å². The minimum absolute atomic E-state index is 0.213. The number of carbonyl (C=O) groups excluding carboxylic acids is 1. The summed E-state index contributed by atoms with van der Waals surface area (Å²) < 4.78 is 6.42.